The Morgan fingerprint density at radius 3 is 3.00 bits per heavy atom. The maximum Gasteiger partial charge on any atom is 0.313 e. The normalized spacial score (nSPS) is 24.8. The van der Waals surface area contributed by atoms with Gasteiger partial charge in [0.1, 0.15) is 11.5 Å². The maximum atomic E-state index is 13.1. The number of rotatable bonds is 7. The summed E-state index contributed by atoms with van der Waals surface area (Å²) in [6.07, 6.45) is 3.41. The molecule has 6 nitrogen and oxygen atoms in total. The van der Waals surface area contributed by atoms with Gasteiger partial charge in [-0.05, 0) is 51.1 Å². The molecule has 0 spiro atoms. The van der Waals surface area contributed by atoms with Gasteiger partial charge in [0, 0.05) is 37.7 Å². The number of ether oxygens (including phenoxy) is 2. The van der Waals surface area contributed by atoms with Crippen LogP contribution in [-0.2, 0) is 20.7 Å². The minimum absolute atomic E-state index is 0.119. The minimum atomic E-state index is -0.587. The summed E-state index contributed by atoms with van der Waals surface area (Å²) in [6, 6.07) is 10.1. The molecule has 0 bridgehead atoms. The van der Waals surface area contributed by atoms with E-state index in [1.54, 1.807) is 0 Å². The molecule has 1 aromatic carbocycles. The number of esters is 1. The molecule has 2 aliphatic rings. The zero-order valence-electron chi connectivity index (χ0n) is 18.1. The molecule has 1 aromatic heterocycles. The first-order valence-corrected chi connectivity index (χ1v) is 11.1. The molecule has 2 fully saturated rings. The third kappa shape index (κ3) is 4.60. The van der Waals surface area contributed by atoms with Gasteiger partial charge in [-0.2, -0.15) is 0 Å². The number of hydrogen-bond acceptors (Lipinski definition) is 6. The van der Waals surface area contributed by atoms with Gasteiger partial charge in [-0.1, -0.05) is 29.4 Å². The van der Waals surface area contributed by atoms with Crippen molar-refractivity contribution < 1.29 is 18.8 Å². The molecule has 162 valence electrons. The fourth-order valence-corrected chi connectivity index (χ4v) is 4.86. The molecule has 6 heteroatoms. The predicted molar refractivity (Wildman–Crippen MR) is 114 cm³/mol. The first kappa shape index (κ1) is 21.1. The lowest BCUT2D eigenvalue weighted by Crippen LogP contribution is -2.50. The molecule has 3 heterocycles. The Morgan fingerprint density at radius 1 is 1.37 bits per heavy atom. The highest BCUT2D eigenvalue weighted by atomic mass is 16.5. The lowest BCUT2D eigenvalue weighted by molar-refractivity contribution is -0.159. The largest absolute Gasteiger partial charge is 0.466 e. The molecule has 2 atom stereocenters. The summed E-state index contributed by atoms with van der Waals surface area (Å²) >= 11 is 0. The van der Waals surface area contributed by atoms with E-state index in [9.17, 15) is 4.79 Å². The molecule has 30 heavy (non-hydrogen) atoms. The Hall–Kier alpha value is -2.18. The molecule has 0 saturated carbocycles. The van der Waals surface area contributed by atoms with Gasteiger partial charge in [-0.3, -0.25) is 4.79 Å². The summed E-state index contributed by atoms with van der Waals surface area (Å²) in [5.74, 6) is 1.18. The molecular weight excluding hydrogens is 380 g/mol. The van der Waals surface area contributed by atoms with Crippen LogP contribution in [0.5, 0.6) is 0 Å². The van der Waals surface area contributed by atoms with Crippen molar-refractivity contribution in [2.75, 3.05) is 39.5 Å². The zero-order chi connectivity index (χ0) is 21.0. The van der Waals surface area contributed by atoms with Gasteiger partial charge >= 0.3 is 5.97 Å². The Kier molecular flexibility index (Phi) is 6.54. The number of aryl methyl sites for hydroxylation is 1. The number of hydrogen-bond donors (Lipinski definition) is 0. The first-order valence-electron chi connectivity index (χ1n) is 11.1. The standard InChI is InChI=1S/C24H32N2O4/c1-3-29-23(27)24(10-6-11-26(17-24)15-19-9-12-28-16-19)14-20-13-22(25-30-20)21-8-5-4-7-18(21)2/h4-5,7-8,13,19H,3,6,9-12,14-17H2,1-2H3/t19-,24+/m1/s1. The predicted octanol–water partition coefficient (Wildman–Crippen LogP) is 3.87. The fraction of sp³-hybridized carbons (Fsp3) is 0.583. The molecule has 0 amide bonds. The van der Waals surface area contributed by atoms with E-state index in [2.05, 4.69) is 23.0 Å². The van der Waals surface area contributed by atoms with Crippen molar-refractivity contribution in [3.63, 3.8) is 0 Å². The molecule has 4 rings (SSSR count). The van der Waals surface area contributed by atoms with Gasteiger partial charge in [-0.15, -0.1) is 0 Å². The molecular formula is C24H32N2O4. The van der Waals surface area contributed by atoms with E-state index >= 15 is 0 Å². The van der Waals surface area contributed by atoms with Crippen LogP contribution in [0.2, 0.25) is 0 Å². The molecule has 2 aromatic rings. The SMILES string of the molecule is CCOC(=O)[C@]1(Cc2cc(-c3ccccc3C)no2)CCCN(C[C@H]2CCOC2)C1. The van der Waals surface area contributed by atoms with Gasteiger partial charge in [0.15, 0.2) is 0 Å². The zero-order valence-corrected chi connectivity index (χ0v) is 18.1. The minimum Gasteiger partial charge on any atom is -0.466 e. The molecule has 0 unspecified atom stereocenters. The average molecular weight is 413 g/mol. The van der Waals surface area contributed by atoms with E-state index in [4.69, 9.17) is 14.0 Å². The molecule has 0 N–H and O–H groups in total. The van der Waals surface area contributed by atoms with Crippen LogP contribution in [0.15, 0.2) is 34.9 Å². The topological polar surface area (TPSA) is 64.8 Å². The summed E-state index contributed by atoms with van der Waals surface area (Å²) in [7, 11) is 0. The first-order chi connectivity index (χ1) is 14.6. The van der Waals surface area contributed by atoms with Gasteiger partial charge in [0.05, 0.1) is 18.6 Å². The maximum absolute atomic E-state index is 13.1. The molecule has 2 aliphatic heterocycles. The van der Waals surface area contributed by atoms with Crippen LogP contribution in [0.4, 0.5) is 0 Å². The monoisotopic (exact) mass is 412 g/mol. The van der Waals surface area contributed by atoms with Crippen molar-refractivity contribution in [2.24, 2.45) is 11.3 Å². The van der Waals surface area contributed by atoms with E-state index < -0.39 is 5.41 Å². The number of piperidine rings is 1. The van der Waals surface area contributed by atoms with Crippen molar-refractivity contribution in [1.82, 2.24) is 10.1 Å². The van der Waals surface area contributed by atoms with Crippen molar-refractivity contribution >= 4 is 5.97 Å². The second kappa shape index (κ2) is 9.31. The van der Waals surface area contributed by atoms with Crippen molar-refractivity contribution in [2.45, 2.75) is 39.5 Å². The number of likely N-dealkylation sites (tertiary alicyclic amines) is 1. The van der Waals surface area contributed by atoms with Crippen LogP contribution in [0, 0.1) is 18.3 Å². The van der Waals surface area contributed by atoms with E-state index in [0.717, 1.165) is 68.1 Å². The second-order valence-corrected chi connectivity index (χ2v) is 8.74. The van der Waals surface area contributed by atoms with Crippen LogP contribution in [0.1, 0.15) is 37.5 Å². The third-order valence-corrected chi connectivity index (χ3v) is 6.40. The van der Waals surface area contributed by atoms with E-state index in [0.29, 0.717) is 25.5 Å². The van der Waals surface area contributed by atoms with Crippen LogP contribution in [-0.4, -0.2) is 55.5 Å². The average Bonchev–Trinajstić information content (AvgIpc) is 3.41. The highest BCUT2D eigenvalue weighted by molar-refractivity contribution is 5.78. The Bertz CT molecular complexity index is 858. The van der Waals surface area contributed by atoms with Gasteiger partial charge in [0.2, 0.25) is 0 Å². The molecule has 0 radical (unpaired) electrons. The Morgan fingerprint density at radius 2 is 2.23 bits per heavy atom. The number of carbonyl (C=O) groups is 1. The lowest BCUT2D eigenvalue weighted by Gasteiger charge is -2.41. The number of aromatic nitrogens is 1. The Labute approximate surface area is 178 Å². The van der Waals surface area contributed by atoms with Crippen LogP contribution in [0.3, 0.4) is 0 Å². The fourth-order valence-electron chi connectivity index (χ4n) is 4.86. The summed E-state index contributed by atoms with van der Waals surface area (Å²) in [4.78, 5) is 15.5. The van der Waals surface area contributed by atoms with Crippen molar-refractivity contribution in [3.05, 3.63) is 41.7 Å². The number of nitrogens with zero attached hydrogens (tertiary/aromatic N) is 2. The van der Waals surface area contributed by atoms with E-state index in [1.807, 2.05) is 31.2 Å². The quantitative estimate of drug-likeness (QED) is 0.643. The second-order valence-electron chi connectivity index (χ2n) is 8.74. The highest BCUT2D eigenvalue weighted by Crippen LogP contribution is 2.37. The van der Waals surface area contributed by atoms with Crippen LogP contribution >= 0.6 is 0 Å². The summed E-state index contributed by atoms with van der Waals surface area (Å²) in [5, 5.41) is 4.29. The van der Waals surface area contributed by atoms with E-state index in [-0.39, 0.29) is 5.97 Å². The number of carbonyl (C=O) groups excluding carboxylic acids is 1. The summed E-state index contributed by atoms with van der Waals surface area (Å²) in [6.45, 7) is 8.69. The van der Waals surface area contributed by atoms with Crippen LogP contribution in [0.25, 0.3) is 11.3 Å². The molecule has 2 saturated heterocycles. The highest BCUT2D eigenvalue weighted by Gasteiger charge is 2.45. The summed E-state index contributed by atoms with van der Waals surface area (Å²) < 4.78 is 16.8. The lowest BCUT2D eigenvalue weighted by atomic mass is 9.76. The smallest absolute Gasteiger partial charge is 0.313 e. The molecule has 0 aliphatic carbocycles. The Balaban J connectivity index is 1.53. The number of benzene rings is 1. The van der Waals surface area contributed by atoms with Gasteiger partial charge in [-0.25, -0.2) is 0 Å². The van der Waals surface area contributed by atoms with Gasteiger partial charge in [0.25, 0.3) is 0 Å². The third-order valence-electron chi connectivity index (χ3n) is 6.40. The van der Waals surface area contributed by atoms with Crippen LogP contribution < -0.4 is 0 Å². The summed E-state index contributed by atoms with van der Waals surface area (Å²) in [5.41, 5.74) is 2.44. The van der Waals surface area contributed by atoms with Gasteiger partial charge < -0.3 is 18.9 Å². The van der Waals surface area contributed by atoms with Crippen molar-refractivity contribution in [3.8, 4) is 11.3 Å². The van der Waals surface area contributed by atoms with E-state index in [1.165, 1.54) is 0 Å². The van der Waals surface area contributed by atoms with Crippen molar-refractivity contribution in [1.29, 1.82) is 0 Å².